The molecule has 17 heavy (non-hydrogen) atoms. The van der Waals surface area contributed by atoms with Crippen molar-refractivity contribution in [2.45, 2.75) is 6.18 Å². The first-order valence-electron chi connectivity index (χ1n) is 4.14. The van der Waals surface area contributed by atoms with Crippen LogP contribution in [-0.4, -0.2) is 12.2 Å². The number of halogens is 5. The van der Waals surface area contributed by atoms with Gasteiger partial charge in [0.05, 0.1) is 10.6 Å². The second-order valence-electron chi connectivity index (χ2n) is 2.86. The molecule has 0 bridgehead atoms. The first-order chi connectivity index (χ1) is 7.34. The molecule has 0 aliphatic rings. The predicted molar refractivity (Wildman–Crippen MR) is 77.8 cm³/mol. The molecule has 1 N–H and O–H groups in total. The molecule has 0 saturated carbocycles. The van der Waals surface area contributed by atoms with Crippen molar-refractivity contribution in [2.24, 2.45) is 4.99 Å². The van der Waals surface area contributed by atoms with Crippen LogP contribution in [-0.2, 0) is 6.18 Å². The Labute approximate surface area is 124 Å². The van der Waals surface area contributed by atoms with Gasteiger partial charge in [-0.1, -0.05) is 11.6 Å². The van der Waals surface area contributed by atoms with Crippen molar-refractivity contribution in [1.29, 1.82) is 0 Å². The van der Waals surface area contributed by atoms with Gasteiger partial charge in [-0.05, 0) is 18.2 Å². The zero-order valence-electron chi connectivity index (χ0n) is 8.55. The summed E-state index contributed by atoms with van der Waals surface area (Å²) in [6, 6.07) is 3.49. The van der Waals surface area contributed by atoms with E-state index in [1.54, 1.807) is 0 Å². The molecule has 0 aliphatic carbocycles. The van der Waals surface area contributed by atoms with E-state index in [9.17, 15) is 13.2 Å². The molecule has 0 aromatic heterocycles. The summed E-state index contributed by atoms with van der Waals surface area (Å²) in [6.45, 7) is 0. The van der Waals surface area contributed by atoms with Gasteiger partial charge in [0.25, 0.3) is 0 Å². The molecular formula is C9H9ClF3IN2S. The number of hydrogen-bond donors (Lipinski definition) is 2. The van der Waals surface area contributed by atoms with Crippen LogP contribution in [0.25, 0.3) is 0 Å². The Bertz CT molecular complexity index is 423. The summed E-state index contributed by atoms with van der Waals surface area (Å²) in [7, 11) is 1.47. The Kier molecular flexibility index (Phi) is 6.64. The lowest BCUT2D eigenvalue weighted by molar-refractivity contribution is -0.137. The Morgan fingerprint density at radius 1 is 1.41 bits per heavy atom. The van der Waals surface area contributed by atoms with Gasteiger partial charge in [-0.15, -0.1) is 36.6 Å². The van der Waals surface area contributed by atoms with Gasteiger partial charge in [-0.3, -0.25) is 4.99 Å². The average Bonchev–Trinajstić information content (AvgIpc) is 2.19. The maximum atomic E-state index is 12.5. The predicted octanol–water partition coefficient (Wildman–Crippen LogP) is 4.30. The van der Waals surface area contributed by atoms with Crippen LogP contribution in [0.4, 0.5) is 18.9 Å². The molecule has 1 rings (SSSR count). The van der Waals surface area contributed by atoms with Crippen LogP contribution >= 0.6 is 48.2 Å². The second kappa shape index (κ2) is 6.69. The molecule has 0 amide bonds. The van der Waals surface area contributed by atoms with E-state index in [-0.39, 0.29) is 39.9 Å². The Morgan fingerprint density at radius 2 is 2.00 bits per heavy atom. The zero-order valence-corrected chi connectivity index (χ0v) is 12.5. The summed E-state index contributed by atoms with van der Waals surface area (Å²) in [6.07, 6.45) is -4.48. The number of rotatable bonds is 1. The van der Waals surface area contributed by atoms with Crippen molar-refractivity contribution in [2.75, 3.05) is 12.4 Å². The van der Waals surface area contributed by atoms with E-state index in [4.69, 9.17) is 11.6 Å². The van der Waals surface area contributed by atoms with E-state index in [1.807, 2.05) is 0 Å². The molecule has 0 spiro atoms. The van der Waals surface area contributed by atoms with Crippen molar-refractivity contribution in [3.05, 3.63) is 28.8 Å². The molecule has 1 aromatic carbocycles. The van der Waals surface area contributed by atoms with Gasteiger partial charge in [-0.25, -0.2) is 0 Å². The monoisotopic (exact) mass is 396 g/mol. The normalized spacial score (nSPS) is 12.0. The maximum Gasteiger partial charge on any atom is 0.417 e. The van der Waals surface area contributed by atoms with Crippen LogP contribution in [0.15, 0.2) is 23.2 Å². The first kappa shape index (κ1) is 16.9. The minimum atomic E-state index is -4.48. The van der Waals surface area contributed by atoms with E-state index >= 15 is 0 Å². The molecular weight excluding hydrogens is 388 g/mol. The zero-order chi connectivity index (χ0) is 12.3. The number of nitrogens with zero attached hydrogens (tertiary/aromatic N) is 1. The Morgan fingerprint density at radius 3 is 2.47 bits per heavy atom. The SMILES string of the molecule is CN=C(S)Nc1ccc(Cl)c(C(F)(F)F)c1.I. The summed E-state index contributed by atoms with van der Waals surface area (Å²) >= 11 is 9.35. The highest BCUT2D eigenvalue weighted by atomic mass is 127. The lowest BCUT2D eigenvalue weighted by Crippen LogP contribution is -2.09. The van der Waals surface area contributed by atoms with E-state index in [2.05, 4.69) is 22.9 Å². The first-order valence-corrected chi connectivity index (χ1v) is 4.96. The lowest BCUT2D eigenvalue weighted by atomic mass is 10.2. The third-order valence-electron chi connectivity index (χ3n) is 1.74. The van der Waals surface area contributed by atoms with Crippen molar-refractivity contribution in [3.63, 3.8) is 0 Å². The van der Waals surface area contributed by atoms with Crippen molar-refractivity contribution < 1.29 is 13.2 Å². The van der Waals surface area contributed by atoms with E-state index in [1.165, 1.54) is 19.2 Å². The number of alkyl halides is 3. The third-order valence-corrected chi connectivity index (χ3v) is 2.38. The molecule has 0 saturated heterocycles. The highest BCUT2D eigenvalue weighted by molar-refractivity contribution is 14.0. The molecule has 0 heterocycles. The van der Waals surface area contributed by atoms with Gasteiger partial charge in [-0.2, -0.15) is 13.2 Å². The van der Waals surface area contributed by atoms with E-state index < -0.39 is 11.7 Å². The fourth-order valence-corrected chi connectivity index (χ4v) is 1.36. The van der Waals surface area contributed by atoms with E-state index in [0.717, 1.165) is 6.07 Å². The number of aliphatic imine (C=N–C) groups is 1. The number of hydrogen-bond acceptors (Lipinski definition) is 1. The summed E-state index contributed by atoms with van der Waals surface area (Å²) in [5.74, 6) is 0. The standard InChI is InChI=1S/C9H8ClF3N2S.HI/c1-14-8(16)15-5-2-3-7(10)6(4-5)9(11,12)13;/h2-4H,1H3,(H2,14,15,16);1H. The van der Waals surface area contributed by atoms with Crippen molar-refractivity contribution in [3.8, 4) is 0 Å². The maximum absolute atomic E-state index is 12.5. The van der Waals surface area contributed by atoms with Gasteiger partial charge in [0, 0.05) is 12.7 Å². The molecule has 0 atom stereocenters. The van der Waals surface area contributed by atoms with Gasteiger partial charge < -0.3 is 5.32 Å². The minimum Gasteiger partial charge on any atom is -0.335 e. The van der Waals surface area contributed by atoms with Crippen LogP contribution in [0.3, 0.4) is 0 Å². The molecule has 0 unspecified atom stereocenters. The minimum absolute atomic E-state index is 0. The fourth-order valence-electron chi connectivity index (χ4n) is 1.01. The smallest absolute Gasteiger partial charge is 0.335 e. The molecule has 0 fully saturated rings. The molecule has 96 valence electrons. The van der Waals surface area contributed by atoms with Crippen LogP contribution < -0.4 is 5.32 Å². The highest BCUT2D eigenvalue weighted by Gasteiger charge is 2.33. The number of benzene rings is 1. The van der Waals surface area contributed by atoms with Gasteiger partial charge in [0.15, 0.2) is 5.17 Å². The summed E-state index contributed by atoms with van der Waals surface area (Å²) in [5, 5.41) is 2.46. The highest BCUT2D eigenvalue weighted by Crippen LogP contribution is 2.36. The van der Waals surface area contributed by atoms with Crippen LogP contribution in [0, 0.1) is 0 Å². The summed E-state index contributed by atoms with van der Waals surface area (Å²) < 4.78 is 37.5. The van der Waals surface area contributed by atoms with Crippen LogP contribution in [0.2, 0.25) is 5.02 Å². The van der Waals surface area contributed by atoms with Crippen molar-refractivity contribution >= 4 is 59.1 Å². The molecule has 2 nitrogen and oxygen atoms in total. The molecule has 0 radical (unpaired) electrons. The molecule has 1 aromatic rings. The van der Waals surface area contributed by atoms with Gasteiger partial charge >= 0.3 is 6.18 Å². The number of thiol groups is 1. The molecule has 8 heteroatoms. The van der Waals surface area contributed by atoms with E-state index in [0.29, 0.717) is 0 Å². The number of amidine groups is 1. The second-order valence-corrected chi connectivity index (χ2v) is 3.70. The topological polar surface area (TPSA) is 24.4 Å². The fraction of sp³-hybridized carbons (Fsp3) is 0.222. The summed E-state index contributed by atoms with van der Waals surface area (Å²) in [4.78, 5) is 3.65. The van der Waals surface area contributed by atoms with Crippen molar-refractivity contribution in [1.82, 2.24) is 0 Å². The number of nitrogens with one attached hydrogen (secondary N) is 1. The molecule has 0 aliphatic heterocycles. The largest absolute Gasteiger partial charge is 0.417 e. The lowest BCUT2D eigenvalue weighted by Gasteiger charge is -2.11. The summed E-state index contributed by atoms with van der Waals surface area (Å²) in [5.41, 5.74) is -0.663. The van der Waals surface area contributed by atoms with Gasteiger partial charge in [0.2, 0.25) is 0 Å². The van der Waals surface area contributed by atoms with Crippen LogP contribution in [0.5, 0.6) is 0 Å². The Balaban J connectivity index is 0.00000256. The quantitative estimate of drug-likeness (QED) is 0.314. The average molecular weight is 397 g/mol. The Hall–Kier alpha value is -0.150. The third kappa shape index (κ3) is 4.92. The van der Waals surface area contributed by atoms with Crippen LogP contribution in [0.1, 0.15) is 5.56 Å². The van der Waals surface area contributed by atoms with Gasteiger partial charge in [0.1, 0.15) is 0 Å². The number of anilines is 1.